The Kier molecular flexibility index (Phi) is 2.79. The molecule has 0 spiro atoms. The quantitative estimate of drug-likeness (QED) is 0.695. The number of hydrogen-bond acceptors (Lipinski definition) is 3. The van der Waals surface area contributed by atoms with E-state index >= 15 is 0 Å². The molecule has 0 saturated carbocycles. The van der Waals surface area contributed by atoms with Gasteiger partial charge in [-0.25, -0.2) is 0 Å². The Morgan fingerprint density at radius 1 is 1.50 bits per heavy atom. The summed E-state index contributed by atoms with van der Waals surface area (Å²) < 4.78 is 5.20. The Bertz CT molecular complexity index is 229. The van der Waals surface area contributed by atoms with E-state index in [1.807, 2.05) is 6.92 Å². The molecule has 2 rings (SSSR count). The van der Waals surface area contributed by atoms with E-state index in [1.54, 1.807) is 6.26 Å². The van der Waals surface area contributed by atoms with Gasteiger partial charge in [0.15, 0.2) is 0 Å². The number of piperidine rings is 1. The minimum atomic E-state index is -0.654. The molecule has 2 aliphatic rings. The second kappa shape index (κ2) is 3.91. The maximum absolute atomic E-state index is 10.5. The first kappa shape index (κ1) is 9.99. The zero-order valence-electron chi connectivity index (χ0n) is 8.75. The van der Waals surface area contributed by atoms with Crippen LogP contribution in [0.25, 0.3) is 0 Å². The molecule has 14 heavy (non-hydrogen) atoms. The van der Waals surface area contributed by atoms with E-state index in [-0.39, 0.29) is 0 Å². The van der Waals surface area contributed by atoms with E-state index in [9.17, 15) is 5.11 Å². The van der Waals surface area contributed by atoms with Crippen molar-refractivity contribution < 1.29 is 9.84 Å². The normalized spacial score (nSPS) is 28.0. The first-order valence-corrected chi connectivity index (χ1v) is 5.45. The lowest BCUT2D eigenvalue weighted by atomic mass is 9.77. The highest BCUT2D eigenvalue weighted by Crippen LogP contribution is 2.35. The summed E-state index contributed by atoms with van der Waals surface area (Å²) in [5.41, 5.74) is 0.419. The fraction of sp³-hybridized carbons (Fsp3) is 0.818. The van der Waals surface area contributed by atoms with Gasteiger partial charge in [0.05, 0.1) is 18.5 Å². The van der Waals surface area contributed by atoms with E-state index in [0.717, 1.165) is 44.5 Å². The summed E-state index contributed by atoms with van der Waals surface area (Å²) in [5.74, 6) is 0.386. The van der Waals surface area contributed by atoms with Crippen LogP contribution in [-0.2, 0) is 4.74 Å². The maximum Gasteiger partial charge on any atom is 0.0912 e. The van der Waals surface area contributed by atoms with Crippen molar-refractivity contribution in [1.82, 2.24) is 5.32 Å². The fourth-order valence-electron chi connectivity index (χ4n) is 2.41. The monoisotopic (exact) mass is 197 g/mol. The molecule has 2 N–H and O–H groups in total. The average Bonchev–Trinajstić information content (AvgIpc) is 2.72. The molecule has 1 unspecified atom stereocenters. The van der Waals surface area contributed by atoms with Gasteiger partial charge in [-0.3, -0.25) is 0 Å². The number of nitrogens with one attached hydrogen (secondary N) is 1. The van der Waals surface area contributed by atoms with Gasteiger partial charge in [-0.2, -0.15) is 0 Å². The first-order chi connectivity index (χ1) is 6.71. The second-order valence-corrected chi connectivity index (χ2v) is 4.44. The molecule has 1 atom stereocenters. The molecule has 0 aromatic heterocycles. The Labute approximate surface area is 85.1 Å². The SMILES string of the molecule is CC(O)(C1=COCC1)C1CCNCC1. The van der Waals surface area contributed by atoms with Crippen LogP contribution in [0.4, 0.5) is 0 Å². The lowest BCUT2D eigenvalue weighted by Crippen LogP contribution is -2.42. The molecule has 1 saturated heterocycles. The van der Waals surface area contributed by atoms with Crippen LogP contribution in [0.2, 0.25) is 0 Å². The largest absolute Gasteiger partial charge is 0.501 e. The van der Waals surface area contributed by atoms with Gasteiger partial charge in [-0.05, 0) is 44.3 Å². The third-order valence-electron chi connectivity index (χ3n) is 3.50. The minimum Gasteiger partial charge on any atom is -0.501 e. The predicted octanol–water partition coefficient (Wildman–Crippen LogP) is 1.04. The molecule has 80 valence electrons. The Balaban J connectivity index is 2.05. The van der Waals surface area contributed by atoms with Crippen molar-refractivity contribution in [3.05, 3.63) is 11.8 Å². The summed E-state index contributed by atoms with van der Waals surface area (Å²) in [6.45, 7) is 4.71. The van der Waals surface area contributed by atoms with E-state index < -0.39 is 5.60 Å². The van der Waals surface area contributed by atoms with Crippen LogP contribution in [0.3, 0.4) is 0 Å². The number of hydrogen-bond donors (Lipinski definition) is 2. The Hall–Kier alpha value is -0.540. The Morgan fingerprint density at radius 3 is 2.79 bits per heavy atom. The topological polar surface area (TPSA) is 41.5 Å². The van der Waals surface area contributed by atoms with Gasteiger partial charge in [0.2, 0.25) is 0 Å². The molecular formula is C11H19NO2. The summed E-state index contributed by atoms with van der Waals surface area (Å²) in [6.07, 6.45) is 4.76. The van der Waals surface area contributed by atoms with Crippen LogP contribution in [0.5, 0.6) is 0 Å². The van der Waals surface area contributed by atoms with Crippen LogP contribution < -0.4 is 5.32 Å². The molecule has 0 amide bonds. The standard InChI is InChI=1S/C11H19NO2/c1-11(13,10-4-7-14-8-10)9-2-5-12-6-3-9/h8-9,12-13H,2-7H2,1H3. The van der Waals surface area contributed by atoms with Crippen molar-refractivity contribution in [3.63, 3.8) is 0 Å². The molecular weight excluding hydrogens is 178 g/mol. The zero-order chi connectivity index (χ0) is 10.0. The molecule has 0 aromatic carbocycles. The highest BCUT2D eigenvalue weighted by molar-refractivity contribution is 5.18. The van der Waals surface area contributed by atoms with Gasteiger partial charge in [0, 0.05) is 6.42 Å². The van der Waals surface area contributed by atoms with E-state index in [0.29, 0.717) is 5.92 Å². The highest BCUT2D eigenvalue weighted by atomic mass is 16.5. The summed E-state index contributed by atoms with van der Waals surface area (Å²) in [7, 11) is 0. The summed E-state index contributed by atoms with van der Waals surface area (Å²) in [4.78, 5) is 0. The predicted molar refractivity (Wildman–Crippen MR) is 54.9 cm³/mol. The molecule has 0 bridgehead atoms. The van der Waals surface area contributed by atoms with Crippen LogP contribution in [-0.4, -0.2) is 30.4 Å². The fourth-order valence-corrected chi connectivity index (χ4v) is 2.41. The third-order valence-corrected chi connectivity index (χ3v) is 3.50. The van der Waals surface area contributed by atoms with Crippen molar-refractivity contribution in [3.8, 4) is 0 Å². The number of aliphatic hydroxyl groups is 1. The maximum atomic E-state index is 10.5. The number of ether oxygens (including phenoxy) is 1. The molecule has 3 heteroatoms. The van der Waals surface area contributed by atoms with Crippen molar-refractivity contribution in [2.75, 3.05) is 19.7 Å². The lowest BCUT2D eigenvalue weighted by Gasteiger charge is -2.36. The van der Waals surface area contributed by atoms with Crippen molar-refractivity contribution in [2.24, 2.45) is 5.92 Å². The molecule has 2 aliphatic heterocycles. The zero-order valence-corrected chi connectivity index (χ0v) is 8.75. The van der Waals surface area contributed by atoms with Crippen LogP contribution in [0.1, 0.15) is 26.2 Å². The summed E-state index contributed by atoms with van der Waals surface area (Å²) in [5, 5.41) is 13.8. The second-order valence-electron chi connectivity index (χ2n) is 4.44. The van der Waals surface area contributed by atoms with Crippen LogP contribution in [0.15, 0.2) is 11.8 Å². The molecule has 0 aliphatic carbocycles. The van der Waals surface area contributed by atoms with Gasteiger partial charge in [0.1, 0.15) is 0 Å². The summed E-state index contributed by atoms with van der Waals surface area (Å²) in [6, 6.07) is 0. The average molecular weight is 197 g/mol. The number of rotatable bonds is 2. The first-order valence-electron chi connectivity index (χ1n) is 5.45. The van der Waals surface area contributed by atoms with Crippen LogP contribution >= 0.6 is 0 Å². The van der Waals surface area contributed by atoms with Crippen molar-refractivity contribution >= 4 is 0 Å². The summed E-state index contributed by atoms with van der Waals surface area (Å²) >= 11 is 0. The van der Waals surface area contributed by atoms with Crippen LogP contribution in [0, 0.1) is 5.92 Å². The van der Waals surface area contributed by atoms with E-state index in [4.69, 9.17) is 4.74 Å². The third kappa shape index (κ3) is 1.79. The minimum absolute atomic E-state index is 0.386. The van der Waals surface area contributed by atoms with Gasteiger partial charge in [0.25, 0.3) is 0 Å². The molecule has 2 heterocycles. The van der Waals surface area contributed by atoms with Gasteiger partial charge in [-0.15, -0.1) is 0 Å². The van der Waals surface area contributed by atoms with E-state index in [1.165, 1.54) is 0 Å². The Morgan fingerprint density at radius 2 is 2.21 bits per heavy atom. The molecule has 3 nitrogen and oxygen atoms in total. The highest BCUT2D eigenvalue weighted by Gasteiger charge is 2.37. The molecule has 1 fully saturated rings. The van der Waals surface area contributed by atoms with Crippen molar-refractivity contribution in [1.29, 1.82) is 0 Å². The van der Waals surface area contributed by atoms with E-state index in [2.05, 4.69) is 5.32 Å². The van der Waals surface area contributed by atoms with Gasteiger partial charge < -0.3 is 15.2 Å². The van der Waals surface area contributed by atoms with Gasteiger partial charge >= 0.3 is 0 Å². The molecule has 0 radical (unpaired) electrons. The smallest absolute Gasteiger partial charge is 0.0912 e. The van der Waals surface area contributed by atoms with Crippen molar-refractivity contribution in [2.45, 2.75) is 31.8 Å². The molecule has 0 aromatic rings. The van der Waals surface area contributed by atoms with Gasteiger partial charge in [-0.1, -0.05) is 0 Å². The lowest BCUT2D eigenvalue weighted by molar-refractivity contribution is 0.0184.